The molecule has 0 aromatic carbocycles. The number of nitrogens with one attached hydrogen (secondary N) is 1. The molecule has 1 rings (SSSR count). The quantitative estimate of drug-likeness (QED) is 0.0215. The minimum atomic E-state index is -1.67. The molecule has 0 spiro atoms. The average molecular weight is 1110 g/mol. The summed E-state index contributed by atoms with van der Waals surface area (Å²) in [5.74, 6) is -0.701. The summed E-state index contributed by atoms with van der Waals surface area (Å²) < 4.78 is 11.1. The van der Waals surface area contributed by atoms with Gasteiger partial charge in [-0.05, 0) is 64.2 Å². The third kappa shape index (κ3) is 43.3. The molecule has 9 atom stereocenters. The maximum atomic E-state index is 13.2. The first kappa shape index (κ1) is 74.6. The zero-order valence-corrected chi connectivity index (χ0v) is 50.9. The van der Waals surface area contributed by atoms with Crippen LogP contribution in [-0.4, -0.2) is 110 Å². The van der Waals surface area contributed by atoms with E-state index in [9.17, 15) is 40.5 Å². The van der Waals surface area contributed by atoms with E-state index in [2.05, 4.69) is 43.5 Å². The summed E-state index contributed by atoms with van der Waals surface area (Å²) in [7, 11) is 0. The minimum absolute atomic E-state index is 0.257. The maximum Gasteiger partial charge on any atom is 0.249 e. The van der Waals surface area contributed by atoms with E-state index in [-0.39, 0.29) is 12.8 Å². The summed E-state index contributed by atoms with van der Waals surface area (Å²) in [6.45, 7) is 3.47. The number of rotatable bonds is 59. The first-order chi connectivity index (χ1) is 38.2. The van der Waals surface area contributed by atoms with E-state index in [1.54, 1.807) is 0 Å². The lowest BCUT2D eigenvalue weighted by molar-refractivity contribution is -0.303. The molecule has 1 amide bonds. The molecule has 11 heteroatoms. The molecule has 0 aromatic heterocycles. The minimum Gasteiger partial charge on any atom is -0.394 e. The molecular formula is C67H129NO10. The lowest BCUT2D eigenvalue weighted by Crippen LogP contribution is -2.60. The van der Waals surface area contributed by atoms with E-state index in [0.717, 1.165) is 38.5 Å². The maximum absolute atomic E-state index is 13.2. The summed E-state index contributed by atoms with van der Waals surface area (Å²) in [5, 5.41) is 76.2. The van der Waals surface area contributed by atoms with Gasteiger partial charge < -0.3 is 50.5 Å². The van der Waals surface area contributed by atoms with Crippen molar-refractivity contribution in [3.05, 3.63) is 24.3 Å². The molecule has 9 unspecified atom stereocenters. The third-order valence-electron chi connectivity index (χ3n) is 16.5. The van der Waals surface area contributed by atoms with Gasteiger partial charge in [-0.25, -0.2) is 0 Å². The zero-order chi connectivity index (χ0) is 56.8. The standard InChI is InChI=1S/C67H129NO10/c1-3-5-7-9-11-13-15-17-19-20-21-22-23-24-25-26-27-28-29-30-31-32-33-34-35-36-37-38-39-41-43-45-47-49-51-53-55-60(71)66(76)68-58(57-77-67-65(75)64(74)63(73)61(56-69)78-67)62(72)59(70)54-52-50-48-46-44-42-40-18-16-14-12-10-8-6-4-2/h28-29,46,48,58-65,67,69-75H,3-27,30-45,47,49-57H2,1-2H3,(H,68,76)/b29-28-,48-46+. The summed E-state index contributed by atoms with van der Waals surface area (Å²) in [6, 6.07) is -1.18. The van der Waals surface area contributed by atoms with E-state index in [4.69, 9.17) is 9.47 Å². The molecular weight excluding hydrogens is 979 g/mol. The monoisotopic (exact) mass is 1110 g/mol. The summed E-state index contributed by atoms with van der Waals surface area (Å²) in [6.07, 6.45) is 58.5. The predicted molar refractivity (Wildman–Crippen MR) is 326 cm³/mol. The molecule has 8 N–H and O–H groups in total. The van der Waals surface area contributed by atoms with E-state index < -0.39 is 74.2 Å². The SMILES string of the molecule is CCCCCCCCCCCC/C=C/CCCC(O)C(O)C(COC1OC(CO)C(O)C(O)C1O)NC(=O)C(O)CCCCCCCCCCCCCCCCCC/C=C\CCCCCCCCCCCCCCCCCC. The van der Waals surface area contributed by atoms with Crippen LogP contribution in [0.25, 0.3) is 0 Å². The van der Waals surface area contributed by atoms with Gasteiger partial charge in [0.2, 0.25) is 5.91 Å². The molecule has 78 heavy (non-hydrogen) atoms. The lowest BCUT2D eigenvalue weighted by atomic mass is 9.98. The van der Waals surface area contributed by atoms with Gasteiger partial charge in [0, 0.05) is 0 Å². The molecule has 1 aliphatic rings. The van der Waals surface area contributed by atoms with Crippen LogP contribution in [0.5, 0.6) is 0 Å². The molecule has 0 saturated carbocycles. The van der Waals surface area contributed by atoms with Gasteiger partial charge in [0.1, 0.15) is 36.6 Å². The van der Waals surface area contributed by atoms with Crippen molar-refractivity contribution >= 4 is 5.91 Å². The van der Waals surface area contributed by atoms with Crippen LogP contribution in [0.4, 0.5) is 0 Å². The van der Waals surface area contributed by atoms with Crippen molar-refractivity contribution in [3.63, 3.8) is 0 Å². The molecule has 462 valence electrons. The Morgan fingerprint density at radius 1 is 0.436 bits per heavy atom. The Labute approximate surface area is 480 Å². The van der Waals surface area contributed by atoms with Crippen LogP contribution in [0.15, 0.2) is 24.3 Å². The number of hydrogen-bond acceptors (Lipinski definition) is 10. The van der Waals surface area contributed by atoms with Gasteiger partial charge in [-0.1, -0.05) is 289 Å². The number of ether oxygens (including phenoxy) is 2. The van der Waals surface area contributed by atoms with Crippen LogP contribution < -0.4 is 5.32 Å². The number of hydrogen-bond donors (Lipinski definition) is 8. The molecule has 0 radical (unpaired) electrons. The molecule has 0 bridgehead atoms. The van der Waals surface area contributed by atoms with Crippen molar-refractivity contribution in [3.8, 4) is 0 Å². The van der Waals surface area contributed by atoms with Gasteiger partial charge in [0.05, 0.1) is 25.4 Å². The van der Waals surface area contributed by atoms with E-state index in [0.29, 0.717) is 12.8 Å². The first-order valence-electron chi connectivity index (χ1n) is 33.7. The fourth-order valence-corrected chi connectivity index (χ4v) is 11.0. The van der Waals surface area contributed by atoms with E-state index in [1.165, 1.54) is 250 Å². The number of carbonyl (C=O) groups is 1. The Bertz CT molecular complexity index is 1320. The van der Waals surface area contributed by atoms with E-state index >= 15 is 0 Å². The van der Waals surface area contributed by atoms with Gasteiger partial charge in [0.15, 0.2) is 6.29 Å². The number of amides is 1. The molecule has 0 aromatic rings. The fraction of sp³-hybridized carbons (Fsp3) is 0.925. The number of unbranched alkanes of at least 4 members (excludes halogenated alkanes) is 43. The molecule has 11 nitrogen and oxygen atoms in total. The number of carbonyl (C=O) groups excluding carboxylic acids is 1. The molecule has 1 fully saturated rings. The van der Waals surface area contributed by atoms with Crippen LogP contribution >= 0.6 is 0 Å². The van der Waals surface area contributed by atoms with Crippen LogP contribution in [0.3, 0.4) is 0 Å². The normalized spacial score (nSPS) is 19.5. The Balaban J connectivity index is 2.14. The van der Waals surface area contributed by atoms with Gasteiger partial charge in [-0.2, -0.15) is 0 Å². The zero-order valence-electron chi connectivity index (χ0n) is 50.9. The van der Waals surface area contributed by atoms with Crippen molar-refractivity contribution in [1.82, 2.24) is 5.32 Å². The Morgan fingerprint density at radius 2 is 0.756 bits per heavy atom. The number of allylic oxidation sites excluding steroid dienone is 4. The predicted octanol–water partition coefficient (Wildman–Crippen LogP) is 15.6. The second kappa shape index (κ2) is 56.1. The number of aliphatic hydroxyl groups is 7. The highest BCUT2D eigenvalue weighted by molar-refractivity contribution is 5.80. The Hall–Kier alpha value is -1.41. The highest BCUT2D eigenvalue weighted by Gasteiger charge is 2.44. The second-order valence-electron chi connectivity index (χ2n) is 23.9. The molecule has 1 aliphatic heterocycles. The van der Waals surface area contributed by atoms with Crippen molar-refractivity contribution in [1.29, 1.82) is 0 Å². The van der Waals surface area contributed by atoms with Crippen LogP contribution in [0.1, 0.15) is 328 Å². The molecule has 1 saturated heterocycles. The van der Waals surface area contributed by atoms with Crippen LogP contribution in [0.2, 0.25) is 0 Å². The number of aliphatic hydroxyl groups excluding tert-OH is 7. The van der Waals surface area contributed by atoms with Crippen molar-refractivity contribution in [2.75, 3.05) is 13.2 Å². The summed E-state index contributed by atoms with van der Waals surface area (Å²) in [4.78, 5) is 13.2. The molecule has 0 aliphatic carbocycles. The Morgan fingerprint density at radius 3 is 1.10 bits per heavy atom. The van der Waals surface area contributed by atoms with Gasteiger partial charge in [0.25, 0.3) is 0 Å². The van der Waals surface area contributed by atoms with Crippen LogP contribution in [-0.2, 0) is 14.3 Å². The van der Waals surface area contributed by atoms with Crippen molar-refractivity contribution in [2.45, 2.75) is 384 Å². The summed E-state index contributed by atoms with van der Waals surface area (Å²) >= 11 is 0. The molecule has 1 heterocycles. The van der Waals surface area contributed by atoms with Gasteiger partial charge >= 0.3 is 0 Å². The van der Waals surface area contributed by atoms with Crippen molar-refractivity contribution in [2.24, 2.45) is 0 Å². The fourth-order valence-electron chi connectivity index (χ4n) is 11.0. The first-order valence-corrected chi connectivity index (χ1v) is 33.7. The summed E-state index contributed by atoms with van der Waals surface area (Å²) in [5.41, 5.74) is 0. The second-order valence-corrected chi connectivity index (χ2v) is 23.9. The Kier molecular flexibility index (Phi) is 53.6. The largest absolute Gasteiger partial charge is 0.394 e. The lowest BCUT2D eigenvalue weighted by Gasteiger charge is -2.40. The highest BCUT2D eigenvalue weighted by Crippen LogP contribution is 2.24. The topological polar surface area (TPSA) is 189 Å². The van der Waals surface area contributed by atoms with Gasteiger partial charge in [-0.15, -0.1) is 0 Å². The van der Waals surface area contributed by atoms with Gasteiger partial charge in [-0.3, -0.25) is 4.79 Å². The highest BCUT2D eigenvalue weighted by atomic mass is 16.7. The third-order valence-corrected chi connectivity index (χ3v) is 16.5. The van der Waals surface area contributed by atoms with Crippen molar-refractivity contribution < 1.29 is 50.0 Å². The van der Waals surface area contributed by atoms with Crippen LogP contribution in [0, 0.1) is 0 Å². The smallest absolute Gasteiger partial charge is 0.249 e. The average Bonchev–Trinajstić information content (AvgIpc) is 3.46. The van der Waals surface area contributed by atoms with E-state index in [1.807, 2.05) is 0 Å².